The highest BCUT2D eigenvalue weighted by Crippen LogP contribution is 2.15. The first kappa shape index (κ1) is 9.93. The fourth-order valence-electron chi connectivity index (χ4n) is 1.55. The molecule has 1 aliphatic heterocycles. The van der Waals surface area contributed by atoms with Gasteiger partial charge in [-0.1, -0.05) is 6.07 Å². The van der Waals surface area contributed by atoms with E-state index in [1.54, 1.807) is 0 Å². The minimum atomic E-state index is 0.269. The second-order valence-corrected chi connectivity index (χ2v) is 4.20. The number of piperidine rings is 1. The Morgan fingerprint density at radius 2 is 2.43 bits per heavy atom. The number of aromatic nitrogens is 1. The zero-order valence-electron chi connectivity index (χ0n) is 7.87. The molecule has 3 nitrogen and oxygen atoms in total. The molecule has 0 radical (unpaired) electrons. The van der Waals surface area contributed by atoms with E-state index in [0.29, 0.717) is 5.88 Å². The normalized spacial score (nSPS) is 21.9. The summed E-state index contributed by atoms with van der Waals surface area (Å²) >= 11 is 3.32. The lowest BCUT2D eigenvalue weighted by molar-refractivity contribution is 0.160. The Balaban J connectivity index is 1.95. The molecule has 0 saturated carbocycles. The zero-order chi connectivity index (χ0) is 9.80. The van der Waals surface area contributed by atoms with E-state index in [0.717, 1.165) is 24.1 Å². The van der Waals surface area contributed by atoms with Crippen LogP contribution in [0.3, 0.4) is 0 Å². The van der Waals surface area contributed by atoms with Gasteiger partial charge in [0.1, 0.15) is 10.7 Å². The summed E-state index contributed by atoms with van der Waals surface area (Å²) in [4.78, 5) is 4.23. The van der Waals surface area contributed by atoms with Crippen molar-refractivity contribution in [3.8, 4) is 5.88 Å². The van der Waals surface area contributed by atoms with E-state index in [1.165, 1.54) is 6.42 Å². The molecule has 14 heavy (non-hydrogen) atoms. The zero-order valence-corrected chi connectivity index (χ0v) is 9.46. The lowest BCUT2D eigenvalue weighted by atomic mass is 10.1. The first-order chi connectivity index (χ1) is 6.84. The Kier molecular flexibility index (Phi) is 3.37. The van der Waals surface area contributed by atoms with Gasteiger partial charge < -0.3 is 10.1 Å². The maximum atomic E-state index is 5.73. The molecule has 0 aromatic carbocycles. The predicted octanol–water partition coefficient (Wildman–Crippen LogP) is 1.97. The molecule has 0 bridgehead atoms. The van der Waals surface area contributed by atoms with E-state index in [2.05, 4.69) is 26.2 Å². The van der Waals surface area contributed by atoms with E-state index in [1.807, 2.05) is 18.2 Å². The van der Waals surface area contributed by atoms with Gasteiger partial charge in [0.15, 0.2) is 0 Å². The van der Waals surface area contributed by atoms with Gasteiger partial charge in [-0.25, -0.2) is 4.98 Å². The van der Waals surface area contributed by atoms with Gasteiger partial charge in [0.2, 0.25) is 5.88 Å². The van der Waals surface area contributed by atoms with Gasteiger partial charge in [-0.15, -0.1) is 0 Å². The van der Waals surface area contributed by atoms with Crippen LogP contribution in [0.2, 0.25) is 0 Å². The maximum Gasteiger partial charge on any atom is 0.214 e. The number of ether oxygens (including phenoxy) is 1. The third-order valence-corrected chi connectivity index (χ3v) is 2.67. The number of nitrogens with one attached hydrogen (secondary N) is 1. The largest absolute Gasteiger partial charge is 0.473 e. The lowest BCUT2D eigenvalue weighted by Gasteiger charge is -2.23. The van der Waals surface area contributed by atoms with Crippen LogP contribution in [0.25, 0.3) is 0 Å². The maximum absolute atomic E-state index is 5.73. The molecular formula is C10H13BrN2O. The third kappa shape index (κ3) is 2.69. The van der Waals surface area contributed by atoms with Crippen molar-refractivity contribution in [2.45, 2.75) is 18.9 Å². The van der Waals surface area contributed by atoms with Crippen LogP contribution < -0.4 is 10.1 Å². The topological polar surface area (TPSA) is 34.1 Å². The van der Waals surface area contributed by atoms with Crippen LogP contribution in [0, 0.1) is 0 Å². The number of hydrogen-bond acceptors (Lipinski definition) is 3. The molecule has 1 aromatic rings. The summed E-state index contributed by atoms with van der Waals surface area (Å²) in [5, 5.41) is 3.31. The van der Waals surface area contributed by atoms with Crippen molar-refractivity contribution < 1.29 is 4.74 Å². The second-order valence-electron chi connectivity index (χ2n) is 3.38. The van der Waals surface area contributed by atoms with Crippen molar-refractivity contribution in [1.29, 1.82) is 0 Å². The van der Waals surface area contributed by atoms with E-state index in [4.69, 9.17) is 4.74 Å². The number of pyridine rings is 1. The summed E-state index contributed by atoms with van der Waals surface area (Å²) in [6, 6.07) is 5.72. The van der Waals surface area contributed by atoms with Crippen molar-refractivity contribution in [1.82, 2.24) is 10.3 Å². The minimum absolute atomic E-state index is 0.269. The molecule has 2 heterocycles. The molecule has 2 rings (SSSR count). The van der Waals surface area contributed by atoms with Crippen LogP contribution in [0.15, 0.2) is 22.8 Å². The molecule has 0 spiro atoms. The smallest absolute Gasteiger partial charge is 0.214 e. The van der Waals surface area contributed by atoms with Gasteiger partial charge in [0.05, 0.1) is 0 Å². The SMILES string of the molecule is Brc1cccc(O[C@H]2CCCNC2)n1. The Bertz CT molecular complexity index is 300. The molecule has 0 aliphatic carbocycles. The number of rotatable bonds is 2. The molecule has 0 amide bonds. The Labute approximate surface area is 92.0 Å². The molecule has 1 aromatic heterocycles. The fourth-order valence-corrected chi connectivity index (χ4v) is 1.87. The van der Waals surface area contributed by atoms with Crippen LogP contribution >= 0.6 is 15.9 Å². The molecular weight excluding hydrogens is 244 g/mol. The monoisotopic (exact) mass is 256 g/mol. The van der Waals surface area contributed by atoms with Crippen molar-refractivity contribution in [3.05, 3.63) is 22.8 Å². The first-order valence-electron chi connectivity index (χ1n) is 4.84. The van der Waals surface area contributed by atoms with Crippen LogP contribution in [-0.4, -0.2) is 24.2 Å². The molecule has 4 heteroatoms. The van der Waals surface area contributed by atoms with Gasteiger partial charge in [0, 0.05) is 12.6 Å². The quantitative estimate of drug-likeness (QED) is 0.822. The standard InChI is InChI=1S/C10H13BrN2O/c11-9-4-1-5-10(13-9)14-8-3-2-6-12-7-8/h1,4-5,8,12H,2-3,6-7H2/t8-/m0/s1. The second kappa shape index (κ2) is 4.75. The highest BCUT2D eigenvalue weighted by Gasteiger charge is 2.14. The highest BCUT2D eigenvalue weighted by molar-refractivity contribution is 9.10. The van der Waals surface area contributed by atoms with Gasteiger partial charge in [0.25, 0.3) is 0 Å². The Hall–Kier alpha value is -0.610. The van der Waals surface area contributed by atoms with Crippen LogP contribution in [0.5, 0.6) is 5.88 Å². The van der Waals surface area contributed by atoms with Crippen LogP contribution in [0.4, 0.5) is 0 Å². The fraction of sp³-hybridized carbons (Fsp3) is 0.500. The van der Waals surface area contributed by atoms with E-state index >= 15 is 0 Å². The predicted molar refractivity (Wildman–Crippen MR) is 58.5 cm³/mol. The van der Waals surface area contributed by atoms with Gasteiger partial charge in [-0.3, -0.25) is 0 Å². The first-order valence-corrected chi connectivity index (χ1v) is 5.64. The number of nitrogens with zero attached hydrogens (tertiary/aromatic N) is 1. The van der Waals surface area contributed by atoms with E-state index in [-0.39, 0.29) is 6.10 Å². The average molecular weight is 257 g/mol. The van der Waals surface area contributed by atoms with E-state index < -0.39 is 0 Å². The molecule has 1 N–H and O–H groups in total. The van der Waals surface area contributed by atoms with Crippen molar-refractivity contribution >= 4 is 15.9 Å². The molecule has 1 saturated heterocycles. The molecule has 0 unspecified atom stereocenters. The van der Waals surface area contributed by atoms with Crippen molar-refractivity contribution in [2.75, 3.05) is 13.1 Å². The van der Waals surface area contributed by atoms with Crippen molar-refractivity contribution in [3.63, 3.8) is 0 Å². The third-order valence-electron chi connectivity index (χ3n) is 2.23. The number of halogens is 1. The Morgan fingerprint density at radius 1 is 1.50 bits per heavy atom. The highest BCUT2D eigenvalue weighted by atomic mass is 79.9. The van der Waals surface area contributed by atoms with Gasteiger partial charge in [-0.2, -0.15) is 0 Å². The minimum Gasteiger partial charge on any atom is -0.473 e. The van der Waals surface area contributed by atoms with Crippen molar-refractivity contribution in [2.24, 2.45) is 0 Å². The summed E-state index contributed by atoms with van der Waals surface area (Å²) in [5.74, 6) is 0.702. The molecule has 76 valence electrons. The molecule has 1 fully saturated rings. The summed E-state index contributed by atoms with van der Waals surface area (Å²) in [7, 11) is 0. The summed E-state index contributed by atoms with van der Waals surface area (Å²) in [6.45, 7) is 2.03. The van der Waals surface area contributed by atoms with Crippen LogP contribution in [0.1, 0.15) is 12.8 Å². The van der Waals surface area contributed by atoms with Gasteiger partial charge in [-0.05, 0) is 41.4 Å². The average Bonchev–Trinajstić information content (AvgIpc) is 2.19. The van der Waals surface area contributed by atoms with Gasteiger partial charge >= 0.3 is 0 Å². The summed E-state index contributed by atoms with van der Waals surface area (Å²) in [6.07, 6.45) is 2.56. The van der Waals surface area contributed by atoms with E-state index in [9.17, 15) is 0 Å². The molecule has 1 atom stereocenters. The summed E-state index contributed by atoms with van der Waals surface area (Å²) in [5.41, 5.74) is 0. The van der Waals surface area contributed by atoms with Crippen LogP contribution in [-0.2, 0) is 0 Å². The summed E-state index contributed by atoms with van der Waals surface area (Å²) < 4.78 is 6.55. The molecule has 1 aliphatic rings. The lowest BCUT2D eigenvalue weighted by Crippen LogP contribution is -2.37. The Morgan fingerprint density at radius 3 is 3.14 bits per heavy atom. The number of hydrogen-bond donors (Lipinski definition) is 1.